The molecule has 9 nitrogen and oxygen atoms in total. The molecule has 0 saturated heterocycles. The minimum Gasteiger partial charge on any atom is -0.462 e. The fourth-order valence-corrected chi connectivity index (χ4v) is 8.19. The fourth-order valence-electron chi connectivity index (χ4n) is 7.43. The average molecular weight is 1190 g/mol. The zero-order valence-electron chi connectivity index (χ0n) is 52.5. The summed E-state index contributed by atoms with van der Waals surface area (Å²) in [5.41, 5.74) is 5.38. The number of allylic oxidation sites excluding steroid dienone is 38. The predicted molar refractivity (Wildman–Crippen MR) is 366 cm³/mol. The van der Waals surface area contributed by atoms with Crippen molar-refractivity contribution >= 4 is 19.8 Å². The van der Waals surface area contributed by atoms with Crippen LogP contribution in [0.4, 0.5) is 0 Å². The van der Waals surface area contributed by atoms with Crippen molar-refractivity contribution in [3.63, 3.8) is 0 Å². The number of ether oxygens (including phenoxy) is 2. The van der Waals surface area contributed by atoms with Gasteiger partial charge in [0.2, 0.25) is 0 Å². The molecule has 0 aliphatic carbocycles. The SMILES string of the molecule is CC/C=C\C/C=C\C/C=C\C/C=C\C/C=C\C/C=C\C/C=C\C/C=C\C/C=C\C/C=C\CCCCCCC(=O)OC(COC(=O)CCC/C=C\C/C=C\C/C=C\C/C=C\C/C=C\C/C=C\C/C=C\C/C=C\C/C=C\CC)COP(=O)(O)OCCN. The standard InChI is InChI=1S/C75H112NO8P/c1-3-5-7-9-11-13-15-17-19-21-23-25-27-29-31-33-34-35-36-37-38-40-42-44-46-48-50-52-54-56-58-60-62-64-66-68-75(78)84-73(72-83-85(79,80)82-70-69-76)71-81-74(77)67-65-63-61-59-57-55-53-51-49-47-45-43-41-39-32-30-28-26-24-22-20-18-16-14-12-10-8-6-4-2/h5-8,11-14,17-20,23-26,29-32,34-35,37-38,41-44,47-50,53-56,59,61,73H,3-4,9-10,15-16,21-22,27-28,33,36,39-40,45-46,51-52,57-58,60,62-72,76H2,1-2H3,(H,79,80)/b7-5-,8-6-,13-11-,14-12-,19-17-,20-18-,25-23-,26-24-,31-29-,32-30-,35-34-,38-37-,43-41-,44-42-,49-47-,50-48-,55-53-,56-54-,61-59-. The van der Waals surface area contributed by atoms with Gasteiger partial charge in [0.05, 0.1) is 13.2 Å². The number of rotatable bonds is 56. The van der Waals surface area contributed by atoms with E-state index in [1.54, 1.807) is 0 Å². The number of phosphoric acid groups is 1. The van der Waals surface area contributed by atoms with Gasteiger partial charge in [-0.25, -0.2) is 4.57 Å². The second kappa shape index (κ2) is 67.2. The smallest absolute Gasteiger partial charge is 0.462 e. The lowest BCUT2D eigenvalue weighted by Gasteiger charge is -2.19. The van der Waals surface area contributed by atoms with Crippen LogP contribution in [0.1, 0.15) is 194 Å². The van der Waals surface area contributed by atoms with Crippen molar-refractivity contribution in [3.8, 4) is 0 Å². The molecule has 0 aromatic rings. The van der Waals surface area contributed by atoms with Gasteiger partial charge in [0, 0.05) is 19.4 Å². The molecular weight excluding hydrogens is 1070 g/mol. The van der Waals surface area contributed by atoms with Crippen molar-refractivity contribution in [2.45, 2.75) is 200 Å². The summed E-state index contributed by atoms with van der Waals surface area (Å²) in [4.78, 5) is 35.2. The lowest BCUT2D eigenvalue weighted by molar-refractivity contribution is -0.161. The third-order valence-corrected chi connectivity index (χ3v) is 13.0. The van der Waals surface area contributed by atoms with Crippen molar-refractivity contribution in [1.29, 1.82) is 0 Å². The highest BCUT2D eigenvalue weighted by molar-refractivity contribution is 7.47. The largest absolute Gasteiger partial charge is 0.472 e. The van der Waals surface area contributed by atoms with Crippen molar-refractivity contribution < 1.29 is 37.6 Å². The molecule has 2 unspecified atom stereocenters. The lowest BCUT2D eigenvalue weighted by Crippen LogP contribution is -2.29. The Morgan fingerprint density at radius 2 is 0.624 bits per heavy atom. The van der Waals surface area contributed by atoms with Crippen molar-refractivity contribution in [1.82, 2.24) is 0 Å². The Morgan fingerprint density at radius 1 is 0.353 bits per heavy atom. The van der Waals surface area contributed by atoms with Crippen LogP contribution < -0.4 is 5.73 Å². The quantitative estimate of drug-likeness (QED) is 0.0264. The van der Waals surface area contributed by atoms with E-state index in [1.165, 1.54) is 0 Å². The van der Waals surface area contributed by atoms with Crippen LogP contribution in [0.15, 0.2) is 231 Å². The molecule has 0 spiro atoms. The Balaban J connectivity index is 4.20. The molecule has 0 radical (unpaired) electrons. The van der Waals surface area contributed by atoms with Crippen molar-refractivity contribution in [2.75, 3.05) is 26.4 Å². The normalized spacial score (nSPS) is 14.5. The minimum atomic E-state index is -4.43. The number of carbonyl (C=O) groups excluding carboxylic acids is 2. The number of hydrogen-bond acceptors (Lipinski definition) is 8. The summed E-state index contributed by atoms with van der Waals surface area (Å²) < 4.78 is 33.0. The molecule has 85 heavy (non-hydrogen) atoms. The zero-order valence-corrected chi connectivity index (χ0v) is 53.4. The van der Waals surface area contributed by atoms with E-state index in [0.29, 0.717) is 19.3 Å². The highest BCUT2D eigenvalue weighted by Crippen LogP contribution is 2.43. The molecule has 2 atom stereocenters. The van der Waals surface area contributed by atoms with E-state index in [2.05, 4.69) is 239 Å². The molecule has 0 amide bonds. The van der Waals surface area contributed by atoms with E-state index >= 15 is 0 Å². The molecule has 10 heteroatoms. The second-order valence-electron chi connectivity index (χ2n) is 19.8. The predicted octanol–water partition coefficient (Wildman–Crippen LogP) is 21.1. The number of esters is 2. The average Bonchev–Trinajstić information content (AvgIpc) is 3.52. The van der Waals surface area contributed by atoms with Gasteiger partial charge < -0.3 is 20.1 Å². The molecule has 3 N–H and O–H groups in total. The maximum atomic E-state index is 12.7. The van der Waals surface area contributed by atoms with Gasteiger partial charge in [0.1, 0.15) is 6.61 Å². The third-order valence-electron chi connectivity index (χ3n) is 12.0. The summed E-state index contributed by atoms with van der Waals surface area (Å²) in [6.45, 7) is 3.37. The lowest BCUT2D eigenvalue weighted by atomic mass is 10.1. The Morgan fingerprint density at radius 3 is 0.929 bits per heavy atom. The van der Waals surface area contributed by atoms with Gasteiger partial charge in [-0.2, -0.15) is 0 Å². The molecule has 0 fully saturated rings. The van der Waals surface area contributed by atoms with Crippen LogP contribution in [0.2, 0.25) is 0 Å². The van der Waals surface area contributed by atoms with Gasteiger partial charge in [-0.1, -0.05) is 258 Å². The van der Waals surface area contributed by atoms with Gasteiger partial charge in [-0.3, -0.25) is 18.6 Å². The van der Waals surface area contributed by atoms with E-state index < -0.39 is 32.5 Å². The molecule has 470 valence electrons. The summed E-state index contributed by atoms with van der Waals surface area (Å²) in [7, 11) is -4.43. The molecule has 0 heterocycles. The van der Waals surface area contributed by atoms with Gasteiger partial charge in [0.25, 0.3) is 0 Å². The molecule has 0 aromatic carbocycles. The van der Waals surface area contributed by atoms with Crippen LogP contribution in [0, 0.1) is 0 Å². The number of carbonyl (C=O) groups is 2. The Labute approximate surface area is 517 Å². The summed E-state index contributed by atoms with van der Waals surface area (Å²) >= 11 is 0. The maximum Gasteiger partial charge on any atom is 0.472 e. The molecule has 0 bridgehead atoms. The van der Waals surface area contributed by atoms with Gasteiger partial charge in [0.15, 0.2) is 6.10 Å². The first-order chi connectivity index (χ1) is 41.8. The first-order valence-electron chi connectivity index (χ1n) is 31.9. The maximum absolute atomic E-state index is 12.7. The fraction of sp³-hybridized carbons (Fsp3) is 0.467. The minimum absolute atomic E-state index is 0.0269. The van der Waals surface area contributed by atoms with E-state index in [1.807, 2.05) is 6.08 Å². The Hall–Kier alpha value is -5.93. The van der Waals surface area contributed by atoms with Crippen LogP contribution in [0.25, 0.3) is 0 Å². The highest BCUT2D eigenvalue weighted by atomic mass is 31.2. The van der Waals surface area contributed by atoms with E-state index in [-0.39, 0.29) is 32.6 Å². The monoisotopic (exact) mass is 1190 g/mol. The number of unbranched alkanes of at least 4 members (excludes halogenated alkanes) is 5. The van der Waals surface area contributed by atoms with E-state index in [0.717, 1.165) is 148 Å². The third kappa shape index (κ3) is 67.1. The summed E-state index contributed by atoms with van der Waals surface area (Å²) in [6, 6.07) is 0. The Bertz CT molecular complexity index is 2240. The first-order valence-corrected chi connectivity index (χ1v) is 33.4. The number of phosphoric ester groups is 1. The van der Waals surface area contributed by atoms with Gasteiger partial charge >= 0.3 is 19.8 Å². The molecule has 0 rings (SSSR count). The van der Waals surface area contributed by atoms with Crippen LogP contribution in [-0.4, -0.2) is 49.3 Å². The molecular formula is C75H112NO8P. The van der Waals surface area contributed by atoms with Crippen LogP contribution in [0.3, 0.4) is 0 Å². The molecule has 0 saturated carbocycles. The number of hydrogen-bond donors (Lipinski definition) is 2. The first kappa shape index (κ1) is 79.1. The van der Waals surface area contributed by atoms with Gasteiger partial charge in [-0.05, 0) is 154 Å². The van der Waals surface area contributed by atoms with E-state index in [4.69, 9.17) is 24.3 Å². The van der Waals surface area contributed by atoms with Crippen LogP contribution in [-0.2, 0) is 32.7 Å². The molecule has 0 aliphatic heterocycles. The number of nitrogens with two attached hydrogens (primary N) is 1. The summed E-state index contributed by atoms with van der Waals surface area (Å²) in [5.74, 6) is -0.951. The van der Waals surface area contributed by atoms with Gasteiger partial charge in [-0.15, -0.1) is 0 Å². The van der Waals surface area contributed by atoms with Crippen LogP contribution >= 0.6 is 7.82 Å². The summed E-state index contributed by atoms with van der Waals surface area (Å²) in [5, 5.41) is 0. The van der Waals surface area contributed by atoms with E-state index in [9.17, 15) is 19.0 Å². The van der Waals surface area contributed by atoms with Crippen molar-refractivity contribution in [3.05, 3.63) is 231 Å². The topological polar surface area (TPSA) is 134 Å². The highest BCUT2D eigenvalue weighted by Gasteiger charge is 2.26. The van der Waals surface area contributed by atoms with Crippen molar-refractivity contribution in [2.24, 2.45) is 5.73 Å². The second-order valence-corrected chi connectivity index (χ2v) is 21.3. The van der Waals surface area contributed by atoms with Crippen LogP contribution in [0.5, 0.6) is 0 Å². The zero-order chi connectivity index (χ0) is 61.6. The Kier molecular flexibility index (Phi) is 62.5. The summed E-state index contributed by atoms with van der Waals surface area (Å²) in [6.07, 6.45) is 107. The molecule has 0 aromatic heterocycles. The molecule has 0 aliphatic rings.